The molecule has 6 heteroatoms. The Labute approximate surface area is 171 Å². The van der Waals surface area contributed by atoms with E-state index in [4.69, 9.17) is 9.47 Å². The number of nitrogens with zero attached hydrogens (tertiary/aromatic N) is 3. The Morgan fingerprint density at radius 2 is 1.72 bits per heavy atom. The number of hydrogen-bond donors (Lipinski definition) is 1. The standard InChI is InChI=1S/C23H27N3O3/c1-28-21-9-3-2-8-20(21)26-14-12-25(13-15-26)16-19(27)17-29-22-10-4-6-18-7-5-11-24-23(18)22/h2-11,19,27H,12-17H2,1H3. The fourth-order valence-electron chi connectivity index (χ4n) is 3.79. The maximum absolute atomic E-state index is 10.5. The summed E-state index contributed by atoms with van der Waals surface area (Å²) < 4.78 is 11.4. The Balaban J connectivity index is 1.28. The van der Waals surface area contributed by atoms with E-state index in [2.05, 4.69) is 20.9 Å². The first-order valence-corrected chi connectivity index (χ1v) is 9.99. The first kappa shape index (κ1) is 19.5. The molecule has 0 aliphatic carbocycles. The number of fused-ring (bicyclic) bond motifs is 1. The fourth-order valence-corrected chi connectivity index (χ4v) is 3.79. The van der Waals surface area contributed by atoms with Crippen LogP contribution in [0.1, 0.15) is 0 Å². The van der Waals surface area contributed by atoms with Crippen molar-refractivity contribution in [2.24, 2.45) is 0 Å². The zero-order chi connectivity index (χ0) is 20.1. The van der Waals surface area contributed by atoms with E-state index in [9.17, 15) is 5.11 Å². The van der Waals surface area contributed by atoms with Crippen LogP contribution in [-0.4, -0.2) is 67.5 Å². The molecule has 4 rings (SSSR count). The van der Waals surface area contributed by atoms with Crippen molar-refractivity contribution in [1.82, 2.24) is 9.88 Å². The molecule has 0 spiro atoms. The number of aromatic nitrogens is 1. The second-order valence-corrected chi connectivity index (χ2v) is 7.26. The summed E-state index contributed by atoms with van der Waals surface area (Å²) in [5.74, 6) is 1.61. The molecule has 1 unspecified atom stereocenters. The van der Waals surface area contributed by atoms with Crippen molar-refractivity contribution in [3.63, 3.8) is 0 Å². The minimum atomic E-state index is -0.549. The van der Waals surface area contributed by atoms with Crippen LogP contribution in [-0.2, 0) is 0 Å². The highest BCUT2D eigenvalue weighted by atomic mass is 16.5. The van der Waals surface area contributed by atoms with E-state index in [1.807, 2.05) is 48.5 Å². The third kappa shape index (κ3) is 4.60. The number of anilines is 1. The predicted octanol–water partition coefficient (Wildman–Crippen LogP) is 2.81. The minimum Gasteiger partial charge on any atom is -0.495 e. The number of rotatable bonds is 7. The van der Waals surface area contributed by atoms with Crippen molar-refractivity contribution >= 4 is 16.6 Å². The molecule has 1 aliphatic rings. The minimum absolute atomic E-state index is 0.252. The molecule has 1 N–H and O–H groups in total. The van der Waals surface area contributed by atoms with Gasteiger partial charge in [0.05, 0.1) is 12.8 Å². The van der Waals surface area contributed by atoms with Gasteiger partial charge in [-0.2, -0.15) is 0 Å². The van der Waals surface area contributed by atoms with E-state index in [0.717, 1.165) is 48.5 Å². The quantitative estimate of drug-likeness (QED) is 0.666. The lowest BCUT2D eigenvalue weighted by Crippen LogP contribution is -2.49. The number of para-hydroxylation sites is 3. The average molecular weight is 393 g/mol. The number of β-amino-alcohol motifs (C(OH)–C–C–N with tert-alkyl or cyclic N) is 1. The van der Waals surface area contributed by atoms with Gasteiger partial charge in [-0.1, -0.05) is 30.3 Å². The molecule has 29 heavy (non-hydrogen) atoms. The predicted molar refractivity (Wildman–Crippen MR) is 115 cm³/mol. The summed E-state index contributed by atoms with van der Waals surface area (Å²) >= 11 is 0. The number of aliphatic hydroxyl groups excluding tert-OH is 1. The van der Waals surface area contributed by atoms with Crippen molar-refractivity contribution in [2.45, 2.75) is 6.10 Å². The molecule has 0 amide bonds. The van der Waals surface area contributed by atoms with Crippen LogP contribution in [0.25, 0.3) is 10.9 Å². The molecule has 0 bridgehead atoms. The number of hydrogen-bond acceptors (Lipinski definition) is 6. The van der Waals surface area contributed by atoms with Crippen LogP contribution in [0.2, 0.25) is 0 Å². The molecule has 1 aliphatic heterocycles. The highest BCUT2D eigenvalue weighted by Gasteiger charge is 2.21. The fraction of sp³-hybridized carbons (Fsp3) is 0.348. The third-order valence-electron chi connectivity index (χ3n) is 5.29. The Bertz CT molecular complexity index is 936. The molecule has 1 fully saturated rings. The van der Waals surface area contributed by atoms with E-state index in [-0.39, 0.29) is 6.61 Å². The highest BCUT2D eigenvalue weighted by molar-refractivity contribution is 5.84. The van der Waals surface area contributed by atoms with Crippen LogP contribution in [0.5, 0.6) is 11.5 Å². The molecule has 3 aromatic rings. The molecule has 0 radical (unpaired) electrons. The van der Waals surface area contributed by atoms with Gasteiger partial charge in [0.2, 0.25) is 0 Å². The Hall–Kier alpha value is -2.83. The van der Waals surface area contributed by atoms with Gasteiger partial charge >= 0.3 is 0 Å². The molecular formula is C23H27N3O3. The first-order chi connectivity index (χ1) is 14.2. The number of benzene rings is 2. The Kier molecular flexibility index (Phi) is 6.12. The van der Waals surface area contributed by atoms with Gasteiger partial charge in [0, 0.05) is 44.3 Å². The summed E-state index contributed by atoms with van der Waals surface area (Å²) in [7, 11) is 1.71. The lowest BCUT2D eigenvalue weighted by atomic mass is 10.2. The molecule has 2 heterocycles. The summed E-state index contributed by atoms with van der Waals surface area (Å²) in [5.41, 5.74) is 1.95. The van der Waals surface area contributed by atoms with Crippen LogP contribution in [0.3, 0.4) is 0 Å². The van der Waals surface area contributed by atoms with E-state index < -0.39 is 6.10 Å². The lowest BCUT2D eigenvalue weighted by Gasteiger charge is -2.37. The monoisotopic (exact) mass is 393 g/mol. The van der Waals surface area contributed by atoms with E-state index in [1.54, 1.807) is 13.3 Å². The zero-order valence-corrected chi connectivity index (χ0v) is 16.7. The van der Waals surface area contributed by atoms with Crippen molar-refractivity contribution in [1.29, 1.82) is 0 Å². The van der Waals surface area contributed by atoms with Crippen LogP contribution < -0.4 is 14.4 Å². The van der Waals surface area contributed by atoms with Crippen molar-refractivity contribution < 1.29 is 14.6 Å². The smallest absolute Gasteiger partial charge is 0.145 e. The second kappa shape index (κ2) is 9.11. The highest BCUT2D eigenvalue weighted by Crippen LogP contribution is 2.28. The first-order valence-electron chi connectivity index (χ1n) is 9.99. The number of pyridine rings is 1. The number of methoxy groups -OCH3 is 1. The normalized spacial score (nSPS) is 16.0. The number of piperazine rings is 1. The largest absolute Gasteiger partial charge is 0.495 e. The van der Waals surface area contributed by atoms with Gasteiger partial charge in [0.1, 0.15) is 29.7 Å². The van der Waals surface area contributed by atoms with E-state index in [0.29, 0.717) is 12.3 Å². The molecule has 1 saturated heterocycles. The van der Waals surface area contributed by atoms with Crippen LogP contribution in [0.15, 0.2) is 60.8 Å². The van der Waals surface area contributed by atoms with Crippen LogP contribution in [0, 0.1) is 0 Å². The maximum Gasteiger partial charge on any atom is 0.145 e. The van der Waals surface area contributed by atoms with Gasteiger partial charge in [0.15, 0.2) is 0 Å². The summed E-state index contributed by atoms with van der Waals surface area (Å²) in [5, 5.41) is 11.5. The van der Waals surface area contributed by atoms with E-state index in [1.165, 1.54) is 0 Å². The summed E-state index contributed by atoms with van der Waals surface area (Å²) in [6.07, 6.45) is 1.21. The molecule has 1 atom stereocenters. The SMILES string of the molecule is COc1ccccc1N1CCN(CC(O)COc2cccc3cccnc23)CC1. The molecule has 6 nitrogen and oxygen atoms in total. The third-order valence-corrected chi connectivity index (χ3v) is 5.29. The van der Waals surface area contributed by atoms with Gasteiger partial charge in [-0.25, -0.2) is 0 Å². The second-order valence-electron chi connectivity index (χ2n) is 7.26. The van der Waals surface area contributed by atoms with Gasteiger partial charge < -0.3 is 19.5 Å². The summed E-state index contributed by atoms with van der Waals surface area (Å²) in [6, 6.07) is 17.9. The molecular weight excluding hydrogens is 366 g/mol. The van der Waals surface area contributed by atoms with Crippen LogP contribution >= 0.6 is 0 Å². The number of aliphatic hydroxyl groups is 1. The average Bonchev–Trinajstić information content (AvgIpc) is 2.78. The maximum atomic E-state index is 10.5. The molecule has 152 valence electrons. The van der Waals surface area contributed by atoms with Crippen molar-refractivity contribution in [3.8, 4) is 11.5 Å². The zero-order valence-electron chi connectivity index (χ0n) is 16.7. The van der Waals surface area contributed by atoms with Crippen molar-refractivity contribution in [2.75, 3.05) is 51.3 Å². The summed E-state index contributed by atoms with van der Waals surface area (Å²) in [6.45, 7) is 4.44. The molecule has 0 saturated carbocycles. The summed E-state index contributed by atoms with van der Waals surface area (Å²) in [4.78, 5) is 9.01. The Morgan fingerprint density at radius 3 is 2.55 bits per heavy atom. The van der Waals surface area contributed by atoms with Gasteiger partial charge in [-0.15, -0.1) is 0 Å². The van der Waals surface area contributed by atoms with E-state index >= 15 is 0 Å². The van der Waals surface area contributed by atoms with Crippen LogP contribution in [0.4, 0.5) is 5.69 Å². The van der Waals surface area contributed by atoms with Crippen molar-refractivity contribution in [3.05, 3.63) is 60.8 Å². The molecule has 2 aromatic carbocycles. The lowest BCUT2D eigenvalue weighted by molar-refractivity contribution is 0.0667. The Morgan fingerprint density at radius 1 is 0.966 bits per heavy atom. The van der Waals surface area contributed by atoms with Gasteiger partial charge in [0.25, 0.3) is 0 Å². The number of ether oxygens (including phenoxy) is 2. The van der Waals surface area contributed by atoms with Gasteiger partial charge in [-0.3, -0.25) is 9.88 Å². The topological polar surface area (TPSA) is 58.1 Å². The molecule has 1 aromatic heterocycles. The van der Waals surface area contributed by atoms with Gasteiger partial charge in [-0.05, 0) is 24.3 Å².